The summed E-state index contributed by atoms with van der Waals surface area (Å²) in [6.45, 7) is 8.34. The van der Waals surface area contributed by atoms with Crippen LogP contribution in [0.1, 0.15) is 32.4 Å². The highest BCUT2D eigenvalue weighted by molar-refractivity contribution is 5.73. The molecule has 0 saturated carbocycles. The summed E-state index contributed by atoms with van der Waals surface area (Å²) in [5, 5.41) is 2.86. The number of hydrogen-bond acceptors (Lipinski definition) is 5. The molecule has 6 heteroatoms. The standard InChI is InChI=1S/C17H25N3O3/c1-11(2)14-5-4-6-17(19-14)20-7-15-16(8-20)23-10-13(9-22-15)18-12(3)21/h4-6,11,13,15-16H,7-10H2,1-3H3,(H,18,21)/t15-,16-/m0/s1. The molecule has 1 aromatic heterocycles. The average Bonchev–Trinajstić information content (AvgIpc) is 2.84. The maximum absolute atomic E-state index is 11.2. The topological polar surface area (TPSA) is 63.7 Å². The van der Waals surface area contributed by atoms with Crippen LogP contribution in [0.2, 0.25) is 0 Å². The van der Waals surface area contributed by atoms with Crippen LogP contribution >= 0.6 is 0 Å². The lowest BCUT2D eigenvalue weighted by molar-refractivity contribution is -0.120. The third-order valence-corrected chi connectivity index (χ3v) is 4.32. The fourth-order valence-electron chi connectivity index (χ4n) is 3.09. The molecule has 1 amide bonds. The number of nitrogens with zero attached hydrogens (tertiary/aromatic N) is 2. The second-order valence-corrected chi connectivity index (χ2v) is 6.62. The first-order valence-electron chi connectivity index (χ1n) is 8.25. The first-order chi connectivity index (χ1) is 11.0. The van der Waals surface area contributed by atoms with Crippen LogP contribution in [0.15, 0.2) is 18.2 Å². The monoisotopic (exact) mass is 319 g/mol. The van der Waals surface area contributed by atoms with Crippen LogP contribution in [-0.4, -0.2) is 55.4 Å². The van der Waals surface area contributed by atoms with E-state index in [1.165, 1.54) is 6.92 Å². The number of aromatic nitrogens is 1. The Morgan fingerprint density at radius 2 is 1.91 bits per heavy atom. The van der Waals surface area contributed by atoms with Crippen LogP contribution < -0.4 is 10.2 Å². The maximum atomic E-state index is 11.2. The average molecular weight is 319 g/mol. The third-order valence-electron chi connectivity index (χ3n) is 4.32. The highest BCUT2D eigenvalue weighted by Crippen LogP contribution is 2.25. The van der Waals surface area contributed by atoms with Gasteiger partial charge in [0.05, 0.1) is 19.3 Å². The Morgan fingerprint density at radius 1 is 1.26 bits per heavy atom. The molecule has 3 heterocycles. The van der Waals surface area contributed by atoms with E-state index in [0.29, 0.717) is 19.1 Å². The molecule has 2 aliphatic rings. The summed E-state index contributed by atoms with van der Waals surface area (Å²) in [6, 6.07) is 6.10. The Hall–Kier alpha value is -1.66. The van der Waals surface area contributed by atoms with E-state index in [2.05, 4.69) is 36.2 Å². The number of rotatable bonds is 3. The van der Waals surface area contributed by atoms with Gasteiger partial charge in [-0.3, -0.25) is 4.79 Å². The van der Waals surface area contributed by atoms with E-state index in [1.807, 2.05) is 6.07 Å². The molecule has 2 atom stereocenters. The summed E-state index contributed by atoms with van der Waals surface area (Å²) in [6.07, 6.45) is 0.0523. The number of ether oxygens (including phenoxy) is 2. The van der Waals surface area contributed by atoms with E-state index in [9.17, 15) is 4.79 Å². The molecule has 126 valence electrons. The van der Waals surface area contributed by atoms with E-state index in [1.54, 1.807) is 0 Å². The number of carbonyl (C=O) groups is 1. The molecule has 0 spiro atoms. The minimum atomic E-state index is -0.0612. The van der Waals surface area contributed by atoms with Gasteiger partial charge in [-0.25, -0.2) is 4.98 Å². The summed E-state index contributed by atoms with van der Waals surface area (Å²) in [7, 11) is 0. The third kappa shape index (κ3) is 3.82. The van der Waals surface area contributed by atoms with Gasteiger partial charge < -0.3 is 19.7 Å². The molecule has 0 unspecified atom stereocenters. The SMILES string of the molecule is CC(=O)NC1CO[C@H]2CN(c3cccc(C(C)C)n3)C[C@@H]2OC1. The van der Waals surface area contributed by atoms with Crippen molar-refractivity contribution in [2.45, 2.75) is 44.9 Å². The zero-order chi connectivity index (χ0) is 16.4. The normalized spacial score (nSPS) is 25.3. The predicted octanol–water partition coefficient (Wildman–Crippen LogP) is 1.31. The van der Waals surface area contributed by atoms with Gasteiger partial charge in [0, 0.05) is 25.7 Å². The second kappa shape index (κ2) is 6.84. The van der Waals surface area contributed by atoms with Gasteiger partial charge in [0.25, 0.3) is 0 Å². The molecule has 6 nitrogen and oxygen atoms in total. The van der Waals surface area contributed by atoms with Gasteiger partial charge >= 0.3 is 0 Å². The van der Waals surface area contributed by atoms with Gasteiger partial charge in [-0.05, 0) is 18.1 Å². The van der Waals surface area contributed by atoms with E-state index in [-0.39, 0.29) is 24.2 Å². The molecular weight excluding hydrogens is 294 g/mol. The first kappa shape index (κ1) is 16.2. The van der Waals surface area contributed by atoms with Crippen molar-refractivity contribution in [1.82, 2.24) is 10.3 Å². The number of fused-ring (bicyclic) bond motifs is 1. The van der Waals surface area contributed by atoms with Crippen molar-refractivity contribution in [1.29, 1.82) is 0 Å². The molecule has 0 bridgehead atoms. The van der Waals surface area contributed by atoms with Gasteiger partial charge in [-0.15, -0.1) is 0 Å². The molecule has 2 fully saturated rings. The minimum Gasteiger partial charge on any atom is -0.371 e. The van der Waals surface area contributed by atoms with Crippen LogP contribution in [0.4, 0.5) is 5.82 Å². The lowest BCUT2D eigenvalue weighted by Crippen LogP contribution is -2.40. The van der Waals surface area contributed by atoms with Crippen molar-refractivity contribution in [2.75, 3.05) is 31.2 Å². The largest absolute Gasteiger partial charge is 0.371 e. The molecule has 1 N–H and O–H groups in total. The molecular formula is C17H25N3O3. The van der Waals surface area contributed by atoms with E-state index < -0.39 is 0 Å². The van der Waals surface area contributed by atoms with Crippen molar-refractivity contribution < 1.29 is 14.3 Å². The van der Waals surface area contributed by atoms with Crippen molar-refractivity contribution in [3.8, 4) is 0 Å². The smallest absolute Gasteiger partial charge is 0.217 e. The summed E-state index contributed by atoms with van der Waals surface area (Å²) in [5.74, 6) is 1.34. The molecule has 0 radical (unpaired) electrons. The Balaban J connectivity index is 1.64. The highest BCUT2D eigenvalue weighted by Gasteiger charge is 2.38. The molecule has 23 heavy (non-hydrogen) atoms. The Labute approximate surface area is 137 Å². The number of nitrogens with one attached hydrogen (secondary N) is 1. The Bertz CT molecular complexity index is 548. The molecule has 0 aromatic carbocycles. The fourth-order valence-corrected chi connectivity index (χ4v) is 3.09. The molecule has 3 rings (SSSR count). The fraction of sp³-hybridized carbons (Fsp3) is 0.647. The summed E-state index contributed by atoms with van der Waals surface area (Å²) < 4.78 is 11.9. The van der Waals surface area contributed by atoms with Crippen LogP contribution in [0.5, 0.6) is 0 Å². The van der Waals surface area contributed by atoms with Gasteiger partial charge in [-0.2, -0.15) is 0 Å². The van der Waals surface area contributed by atoms with Crippen molar-refractivity contribution in [3.63, 3.8) is 0 Å². The van der Waals surface area contributed by atoms with Crippen molar-refractivity contribution in [3.05, 3.63) is 23.9 Å². The predicted molar refractivity (Wildman–Crippen MR) is 87.6 cm³/mol. The molecule has 1 aromatic rings. The maximum Gasteiger partial charge on any atom is 0.217 e. The first-order valence-corrected chi connectivity index (χ1v) is 8.25. The zero-order valence-corrected chi connectivity index (χ0v) is 14.0. The number of carbonyl (C=O) groups excluding carboxylic acids is 1. The van der Waals surface area contributed by atoms with Gasteiger partial charge in [0.1, 0.15) is 18.0 Å². The van der Waals surface area contributed by atoms with Crippen molar-refractivity contribution in [2.24, 2.45) is 0 Å². The van der Waals surface area contributed by atoms with Crippen LogP contribution in [0.3, 0.4) is 0 Å². The van der Waals surface area contributed by atoms with E-state index >= 15 is 0 Å². The quantitative estimate of drug-likeness (QED) is 0.910. The van der Waals surface area contributed by atoms with Gasteiger partial charge in [-0.1, -0.05) is 19.9 Å². The van der Waals surface area contributed by atoms with E-state index in [0.717, 1.165) is 24.6 Å². The van der Waals surface area contributed by atoms with Crippen LogP contribution in [0, 0.1) is 0 Å². The summed E-state index contributed by atoms with van der Waals surface area (Å²) in [5.41, 5.74) is 1.10. The number of hydrogen-bond donors (Lipinski definition) is 1. The number of pyridine rings is 1. The molecule has 2 aliphatic heterocycles. The molecule has 0 aliphatic carbocycles. The lowest BCUT2D eigenvalue weighted by atomic mass is 10.1. The summed E-state index contributed by atoms with van der Waals surface area (Å²) >= 11 is 0. The van der Waals surface area contributed by atoms with Gasteiger partial charge in [0.2, 0.25) is 5.91 Å². The second-order valence-electron chi connectivity index (χ2n) is 6.62. The lowest BCUT2D eigenvalue weighted by Gasteiger charge is -2.20. The Kier molecular flexibility index (Phi) is 4.82. The zero-order valence-electron chi connectivity index (χ0n) is 14.0. The van der Waals surface area contributed by atoms with Crippen LogP contribution in [0.25, 0.3) is 0 Å². The summed E-state index contributed by atoms with van der Waals surface area (Å²) in [4.78, 5) is 18.1. The van der Waals surface area contributed by atoms with Gasteiger partial charge in [0.15, 0.2) is 0 Å². The Morgan fingerprint density at radius 3 is 2.48 bits per heavy atom. The molecule has 2 saturated heterocycles. The number of amides is 1. The van der Waals surface area contributed by atoms with Crippen molar-refractivity contribution >= 4 is 11.7 Å². The number of anilines is 1. The minimum absolute atomic E-state index is 0.0262. The highest BCUT2D eigenvalue weighted by atomic mass is 16.6. The van der Waals surface area contributed by atoms with Crippen LogP contribution in [-0.2, 0) is 14.3 Å². The van der Waals surface area contributed by atoms with E-state index in [4.69, 9.17) is 14.5 Å².